The minimum absolute atomic E-state index is 0.0450. The van der Waals surface area contributed by atoms with E-state index >= 15 is 0 Å². The van der Waals surface area contributed by atoms with Crippen LogP contribution in [0.3, 0.4) is 0 Å². The second-order valence-electron chi connectivity index (χ2n) is 5.84. The maximum atomic E-state index is 6.43. The van der Waals surface area contributed by atoms with Crippen LogP contribution in [-0.2, 0) is 0 Å². The van der Waals surface area contributed by atoms with Gasteiger partial charge in [-0.05, 0) is 49.1 Å². The minimum Gasteiger partial charge on any atom is -0.324 e. The molecule has 0 bridgehead atoms. The Labute approximate surface area is 120 Å². The molecular weight excluding hydrogens is 265 g/mol. The summed E-state index contributed by atoms with van der Waals surface area (Å²) in [6.07, 6.45) is 3.65. The van der Waals surface area contributed by atoms with Gasteiger partial charge < -0.3 is 5.73 Å². The highest BCUT2D eigenvalue weighted by atomic mass is 35.5. The van der Waals surface area contributed by atoms with Crippen LogP contribution in [0.4, 0.5) is 0 Å². The van der Waals surface area contributed by atoms with Crippen molar-refractivity contribution < 1.29 is 0 Å². The lowest BCUT2D eigenvalue weighted by molar-refractivity contribution is 0.193. The van der Waals surface area contributed by atoms with Crippen molar-refractivity contribution in [3.05, 3.63) is 33.8 Å². The molecule has 1 aromatic rings. The van der Waals surface area contributed by atoms with Crippen LogP contribution in [0.15, 0.2) is 18.2 Å². The number of hydrogen-bond acceptors (Lipinski definition) is 1. The average Bonchev–Trinajstić information content (AvgIpc) is 2.27. The molecule has 1 saturated carbocycles. The molecular formula is C15H21Cl2N. The van der Waals surface area contributed by atoms with Crippen molar-refractivity contribution in [3.63, 3.8) is 0 Å². The van der Waals surface area contributed by atoms with Gasteiger partial charge in [0.05, 0.1) is 0 Å². The zero-order valence-corrected chi connectivity index (χ0v) is 12.5. The quantitative estimate of drug-likeness (QED) is 0.807. The van der Waals surface area contributed by atoms with Crippen molar-refractivity contribution in [3.8, 4) is 0 Å². The number of hydrogen-bond donors (Lipinski definition) is 1. The molecule has 3 atom stereocenters. The van der Waals surface area contributed by atoms with Crippen LogP contribution < -0.4 is 5.73 Å². The van der Waals surface area contributed by atoms with Crippen LogP contribution in [0.25, 0.3) is 0 Å². The van der Waals surface area contributed by atoms with Gasteiger partial charge in [-0.15, -0.1) is 0 Å². The third kappa shape index (κ3) is 3.01. The van der Waals surface area contributed by atoms with E-state index in [2.05, 4.69) is 13.8 Å². The van der Waals surface area contributed by atoms with Crippen molar-refractivity contribution in [2.45, 2.75) is 39.2 Å². The van der Waals surface area contributed by atoms with Crippen LogP contribution in [0.1, 0.15) is 44.7 Å². The molecule has 0 spiro atoms. The van der Waals surface area contributed by atoms with Gasteiger partial charge in [-0.25, -0.2) is 0 Å². The first-order valence-corrected chi connectivity index (χ1v) is 7.44. The Morgan fingerprint density at radius 1 is 1.06 bits per heavy atom. The van der Waals surface area contributed by atoms with Gasteiger partial charge in [-0.2, -0.15) is 0 Å². The van der Waals surface area contributed by atoms with Crippen molar-refractivity contribution in [2.24, 2.45) is 23.5 Å². The summed E-state index contributed by atoms with van der Waals surface area (Å²) in [6, 6.07) is 5.57. The molecule has 100 valence electrons. The Kier molecular flexibility index (Phi) is 4.58. The molecule has 1 nitrogen and oxygen atoms in total. The Balaban J connectivity index is 2.22. The van der Waals surface area contributed by atoms with Crippen LogP contribution >= 0.6 is 23.2 Å². The molecule has 1 fully saturated rings. The van der Waals surface area contributed by atoms with Gasteiger partial charge in [-0.3, -0.25) is 0 Å². The largest absolute Gasteiger partial charge is 0.324 e. The van der Waals surface area contributed by atoms with Gasteiger partial charge >= 0.3 is 0 Å². The van der Waals surface area contributed by atoms with E-state index in [1.165, 1.54) is 19.3 Å². The topological polar surface area (TPSA) is 26.0 Å². The third-order valence-electron chi connectivity index (χ3n) is 4.06. The van der Waals surface area contributed by atoms with Gasteiger partial charge in [0.25, 0.3) is 0 Å². The number of halogens is 2. The summed E-state index contributed by atoms with van der Waals surface area (Å²) in [5.74, 6) is 1.97. The van der Waals surface area contributed by atoms with E-state index in [0.29, 0.717) is 16.0 Å². The van der Waals surface area contributed by atoms with E-state index in [1.54, 1.807) is 0 Å². The summed E-state index contributed by atoms with van der Waals surface area (Å²) >= 11 is 12.5. The van der Waals surface area contributed by atoms with Crippen LogP contribution in [0.2, 0.25) is 10.0 Å². The minimum atomic E-state index is -0.0450. The number of nitrogens with two attached hydrogens (primary N) is 1. The molecule has 1 aliphatic carbocycles. The molecule has 0 saturated heterocycles. The zero-order chi connectivity index (χ0) is 13.3. The summed E-state index contributed by atoms with van der Waals surface area (Å²) in [6.45, 7) is 4.62. The summed E-state index contributed by atoms with van der Waals surface area (Å²) in [5.41, 5.74) is 7.35. The highest BCUT2D eigenvalue weighted by molar-refractivity contribution is 6.36. The first-order chi connectivity index (χ1) is 8.49. The lowest BCUT2D eigenvalue weighted by Gasteiger charge is -2.35. The second kappa shape index (κ2) is 5.81. The first kappa shape index (κ1) is 14.2. The normalized spacial score (nSPS) is 30.2. The standard InChI is InChI=1S/C15H21Cl2N/c1-9-6-10(2)8-11(7-9)15(18)14-12(16)4-3-5-13(14)17/h3-5,9-11,15H,6-8,18H2,1-2H3. The monoisotopic (exact) mass is 285 g/mol. The average molecular weight is 286 g/mol. The zero-order valence-electron chi connectivity index (χ0n) is 11.0. The molecule has 0 amide bonds. The second-order valence-corrected chi connectivity index (χ2v) is 6.65. The fourth-order valence-corrected chi connectivity index (χ4v) is 4.02. The van der Waals surface area contributed by atoms with E-state index in [9.17, 15) is 0 Å². The summed E-state index contributed by atoms with van der Waals surface area (Å²) < 4.78 is 0. The summed E-state index contributed by atoms with van der Waals surface area (Å²) in [7, 11) is 0. The molecule has 0 aromatic heterocycles. The summed E-state index contributed by atoms with van der Waals surface area (Å²) in [4.78, 5) is 0. The van der Waals surface area contributed by atoms with Crippen molar-refractivity contribution in [1.82, 2.24) is 0 Å². The maximum Gasteiger partial charge on any atom is 0.0468 e. The highest BCUT2D eigenvalue weighted by Crippen LogP contribution is 2.42. The molecule has 2 rings (SSSR count). The molecule has 18 heavy (non-hydrogen) atoms. The van der Waals surface area contributed by atoms with Gasteiger partial charge in [0.2, 0.25) is 0 Å². The van der Waals surface area contributed by atoms with E-state index in [4.69, 9.17) is 28.9 Å². The maximum absolute atomic E-state index is 6.43. The van der Waals surface area contributed by atoms with E-state index in [0.717, 1.165) is 17.4 Å². The third-order valence-corrected chi connectivity index (χ3v) is 4.72. The Bertz CT molecular complexity index is 389. The van der Waals surface area contributed by atoms with Gasteiger partial charge in [0, 0.05) is 21.7 Å². The first-order valence-electron chi connectivity index (χ1n) is 6.68. The molecule has 2 N–H and O–H groups in total. The Morgan fingerprint density at radius 3 is 2.06 bits per heavy atom. The van der Waals surface area contributed by atoms with Crippen molar-refractivity contribution in [2.75, 3.05) is 0 Å². The highest BCUT2D eigenvalue weighted by Gasteiger charge is 2.30. The van der Waals surface area contributed by atoms with Crippen LogP contribution in [-0.4, -0.2) is 0 Å². The molecule has 0 aliphatic heterocycles. The Hall–Kier alpha value is -0.240. The fourth-order valence-electron chi connectivity index (χ4n) is 3.37. The van der Waals surface area contributed by atoms with Crippen molar-refractivity contribution in [1.29, 1.82) is 0 Å². The number of rotatable bonds is 2. The lowest BCUT2D eigenvalue weighted by Crippen LogP contribution is -2.29. The molecule has 3 unspecified atom stereocenters. The van der Waals surface area contributed by atoms with Gasteiger partial charge in [0.15, 0.2) is 0 Å². The van der Waals surface area contributed by atoms with Gasteiger partial charge in [-0.1, -0.05) is 43.1 Å². The van der Waals surface area contributed by atoms with E-state index in [-0.39, 0.29) is 6.04 Å². The van der Waals surface area contributed by atoms with Crippen molar-refractivity contribution >= 4 is 23.2 Å². The van der Waals surface area contributed by atoms with Gasteiger partial charge in [0.1, 0.15) is 0 Å². The molecule has 3 heteroatoms. The molecule has 0 radical (unpaired) electrons. The molecule has 1 aromatic carbocycles. The van der Waals surface area contributed by atoms with Crippen LogP contribution in [0.5, 0.6) is 0 Å². The van der Waals surface area contributed by atoms with E-state index in [1.807, 2.05) is 18.2 Å². The predicted molar refractivity (Wildman–Crippen MR) is 79.1 cm³/mol. The fraction of sp³-hybridized carbons (Fsp3) is 0.600. The lowest BCUT2D eigenvalue weighted by atomic mass is 9.72. The number of benzene rings is 1. The Morgan fingerprint density at radius 2 is 1.56 bits per heavy atom. The SMILES string of the molecule is CC1CC(C)CC(C(N)c2c(Cl)cccc2Cl)C1. The van der Waals surface area contributed by atoms with Crippen LogP contribution in [0, 0.1) is 17.8 Å². The smallest absolute Gasteiger partial charge is 0.0468 e. The molecule has 0 heterocycles. The van der Waals surface area contributed by atoms with E-state index < -0.39 is 0 Å². The summed E-state index contributed by atoms with van der Waals surface area (Å²) in [5, 5.41) is 1.39. The molecule has 1 aliphatic rings. The predicted octanol–water partition coefficient (Wildman–Crippen LogP) is 5.07.